The zero-order valence-corrected chi connectivity index (χ0v) is 16.1. The summed E-state index contributed by atoms with van der Waals surface area (Å²) in [6.07, 6.45) is 3.55. The Morgan fingerprint density at radius 1 is 1.08 bits per heavy atom. The Labute approximate surface area is 157 Å². The van der Waals surface area contributed by atoms with Gasteiger partial charge in [-0.2, -0.15) is 0 Å². The minimum absolute atomic E-state index is 0.172. The van der Waals surface area contributed by atoms with E-state index < -0.39 is 0 Å². The molecule has 4 rings (SSSR count). The van der Waals surface area contributed by atoms with Gasteiger partial charge in [-0.1, -0.05) is 45.0 Å². The molecule has 3 heterocycles. The van der Waals surface area contributed by atoms with E-state index in [0.717, 1.165) is 17.0 Å². The number of fused-ring (bicyclic) bond motifs is 1. The highest BCUT2D eigenvalue weighted by atomic mass is 32.1. The van der Waals surface area contributed by atoms with Crippen LogP contribution in [0.3, 0.4) is 0 Å². The quantitative estimate of drug-likeness (QED) is 0.452. The van der Waals surface area contributed by atoms with Crippen molar-refractivity contribution in [1.82, 2.24) is 4.98 Å². The zero-order chi connectivity index (χ0) is 18.1. The van der Waals surface area contributed by atoms with E-state index in [1.54, 1.807) is 17.6 Å². The number of benzene rings is 1. The molecule has 0 amide bonds. The number of nitrogens with one attached hydrogen (secondary N) is 1. The van der Waals surface area contributed by atoms with Crippen LogP contribution in [0.2, 0.25) is 0 Å². The summed E-state index contributed by atoms with van der Waals surface area (Å²) in [6.45, 7) is 7.35. The summed E-state index contributed by atoms with van der Waals surface area (Å²) in [4.78, 5) is 5.77. The highest BCUT2D eigenvalue weighted by Gasteiger charge is 2.14. The normalized spacial score (nSPS) is 11.8. The average molecular weight is 362 g/mol. The molecule has 0 bridgehead atoms. The standard InChI is InChI=1S/C22H22N2OS/c1-22(2,3)16-8-6-15(7-9-16)20-13-18-19(26-20)10-11-23-21(18)24-14-17-5-4-12-25-17/h4-13H,14H2,1-3H3,(H,23,24). The van der Waals surface area contributed by atoms with Crippen LogP contribution in [-0.2, 0) is 12.0 Å². The third kappa shape index (κ3) is 3.37. The van der Waals surface area contributed by atoms with E-state index in [1.165, 1.54) is 20.7 Å². The van der Waals surface area contributed by atoms with Crippen LogP contribution in [0.25, 0.3) is 20.5 Å². The molecule has 0 aliphatic rings. The van der Waals surface area contributed by atoms with Crippen molar-refractivity contribution in [3.8, 4) is 10.4 Å². The average Bonchev–Trinajstić information content (AvgIpc) is 3.29. The number of nitrogens with zero attached hydrogens (tertiary/aromatic N) is 1. The predicted molar refractivity (Wildman–Crippen MR) is 110 cm³/mol. The molecule has 1 aromatic carbocycles. The molecule has 0 atom stereocenters. The Morgan fingerprint density at radius 2 is 1.88 bits per heavy atom. The van der Waals surface area contributed by atoms with E-state index in [-0.39, 0.29) is 5.41 Å². The first-order chi connectivity index (χ1) is 12.5. The fourth-order valence-electron chi connectivity index (χ4n) is 2.96. The first-order valence-electron chi connectivity index (χ1n) is 8.76. The second kappa shape index (κ2) is 6.61. The van der Waals surface area contributed by atoms with Crippen molar-refractivity contribution in [2.24, 2.45) is 0 Å². The number of rotatable bonds is 4. The van der Waals surface area contributed by atoms with Crippen molar-refractivity contribution in [2.75, 3.05) is 5.32 Å². The second-order valence-electron chi connectivity index (χ2n) is 7.44. The highest BCUT2D eigenvalue weighted by Crippen LogP contribution is 2.37. The Hall–Kier alpha value is -2.59. The van der Waals surface area contributed by atoms with Gasteiger partial charge in [0, 0.05) is 21.2 Å². The van der Waals surface area contributed by atoms with E-state index in [1.807, 2.05) is 18.3 Å². The van der Waals surface area contributed by atoms with Crippen molar-refractivity contribution in [2.45, 2.75) is 32.7 Å². The van der Waals surface area contributed by atoms with Gasteiger partial charge in [0.25, 0.3) is 0 Å². The Balaban J connectivity index is 1.64. The van der Waals surface area contributed by atoms with Crippen molar-refractivity contribution in [3.63, 3.8) is 0 Å². The predicted octanol–water partition coefficient (Wildman–Crippen LogP) is 6.47. The zero-order valence-electron chi connectivity index (χ0n) is 15.2. The third-order valence-corrected chi connectivity index (χ3v) is 5.64. The summed E-state index contributed by atoms with van der Waals surface area (Å²) in [6, 6.07) is 17.1. The molecular formula is C22H22N2OS. The van der Waals surface area contributed by atoms with Crippen LogP contribution in [-0.4, -0.2) is 4.98 Å². The summed E-state index contributed by atoms with van der Waals surface area (Å²) in [5.41, 5.74) is 2.77. The number of pyridine rings is 1. The van der Waals surface area contributed by atoms with Crippen LogP contribution in [0.5, 0.6) is 0 Å². The largest absolute Gasteiger partial charge is 0.467 e. The maximum atomic E-state index is 5.39. The lowest BCUT2D eigenvalue weighted by molar-refractivity contribution is 0.518. The SMILES string of the molecule is CC(C)(C)c1ccc(-c2cc3c(NCc4ccco4)nccc3s2)cc1. The number of hydrogen-bond acceptors (Lipinski definition) is 4. The van der Waals surface area contributed by atoms with Crippen molar-refractivity contribution >= 4 is 27.2 Å². The second-order valence-corrected chi connectivity index (χ2v) is 8.53. The van der Waals surface area contributed by atoms with Gasteiger partial charge in [-0.25, -0.2) is 4.98 Å². The fourth-order valence-corrected chi connectivity index (χ4v) is 4.03. The van der Waals surface area contributed by atoms with E-state index in [4.69, 9.17) is 4.42 Å². The fraction of sp³-hybridized carbons (Fsp3) is 0.227. The van der Waals surface area contributed by atoms with Crippen LogP contribution in [0.1, 0.15) is 32.1 Å². The first kappa shape index (κ1) is 16.9. The van der Waals surface area contributed by atoms with Crippen LogP contribution in [0.4, 0.5) is 5.82 Å². The van der Waals surface area contributed by atoms with Gasteiger partial charge in [0.2, 0.25) is 0 Å². The summed E-state index contributed by atoms with van der Waals surface area (Å²) >= 11 is 1.80. The molecule has 0 radical (unpaired) electrons. The van der Waals surface area contributed by atoms with Crippen molar-refractivity contribution < 1.29 is 4.42 Å². The van der Waals surface area contributed by atoms with Gasteiger partial charge in [0.1, 0.15) is 11.6 Å². The summed E-state index contributed by atoms with van der Waals surface area (Å²) in [5, 5.41) is 4.54. The number of anilines is 1. The number of aromatic nitrogens is 1. The van der Waals surface area contributed by atoms with Gasteiger partial charge in [-0.15, -0.1) is 11.3 Å². The van der Waals surface area contributed by atoms with Gasteiger partial charge in [0.15, 0.2) is 0 Å². The maximum absolute atomic E-state index is 5.39. The first-order valence-corrected chi connectivity index (χ1v) is 9.58. The monoisotopic (exact) mass is 362 g/mol. The molecule has 0 unspecified atom stereocenters. The lowest BCUT2D eigenvalue weighted by atomic mass is 9.86. The number of thiophene rings is 1. The van der Waals surface area contributed by atoms with Gasteiger partial charge in [-0.3, -0.25) is 0 Å². The molecule has 0 fully saturated rings. The van der Waals surface area contributed by atoms with Crippen LogP contribution >= 0.6 is 11.3 Å². The lowest BCUT2D eigenvalue weighted by Crippen LogP contribution is -2.10. The molecule has 26 heavy (non-hydrogen) atoms. The molecule has 4 heteroatoms. The van der Waals surface area contributed by atoms with Gasteiger partial charge in [0.05, 0.1) is 12.8 Å². The van der Waals surface area contributed by atoms with Gasteiger partial charge < -0.3 is 9.73 Å². The van der Waals surface area contributed by atoms with Crippen molar-refractivity contribution in [1.29, 1.82) is 0 Å². The molecule has 132 valence electrons. The molecule has 0 spiro atoms. The Bertz CT molecular complexity index is 1010. The molecular weight excluding hydrogens is 340 g/mol. The van der Waals surface area contributed by atoms with Crippen LogP contribution < -0.4 is 5.32 Å². The minimum Gasteiger partial charge on any atom is -0.467 e. The molecule has 0 aliphatic carbocycles. The molecule has 0 aliphatic heterocycles. The molecule has 3 nitrogen and oxygen atoms in total. The van der Waals surface area contributed by atoms with Gasteiger partial charge >= 0.3 is 0 Å². The van der Waals surface area contributed by atoms with Crippen LogP contribution in [0.15, 0.2) is 65.4 Å². The van der Waals surface area contributed by atoms with E-state index in [9.17, 15) is 0 Å². The van der Waals surface area contributed by atoms with E-state index >= 15 is 0 Å². The smallest absolute Gasteiger partial charge is 0.135 e. The molecule has 0 saturated carbocycles. The van der Waals surface area contributed by atoms with Crippen LogP contribution in [0, 0.1) is 0 Å². The molecule has 1 N–H and O–H groups in total. The maximum Gasteiger partial charge on any atom is 0.135 e. The Morgan fingerprint density at radius 3 is 2.58 bits per heavy atom. The Kier molecular flexibility index (Phi) is 4.29. The lowest BCUT2D eigenvalue weighted by Gasteiger charge is -2.18. The molecule has 0 saturated heterocycles. The summed E-state index contributed by atoms with van der Waals surface area (Å²) in [5.74, 6) is 1.80. The minimum atomic E-state index is 0.172. The third-order valence-electron chi connectivity index (χ3n) is 4.49. The number of furan rings is 1. The van der Waals surface area contributed by atoms with E-state index in [2.05, 4.69) is 67.5 Å². The summed E-state index contributed by atoms with van der Waals surface area (Å²) < 4.78 is 6.63. The number of hydrogen-bond donors (Lipinski definition) is 1. The van der Waals surface area contributed by atoms with Crippen molar-refractivity contribution in [3.05, 3.63) is 72.3 Å². The summed E-state index contributed by atoms with van der Waals surface area (Å²) in [7, 11) is 0. The molecule has 3 aromatic heterocycles. The molecule has 4 aromatic rings. The highest BCUT2D eigenvalue weighted by molar-refractivity contribution is 7.22. The van der Waals surface area contributed by atoms with Gasteiger partial charge in [-0.05, 0) is 40.8 Å². The van der Waals surface area contributed by atoms with E-state index in [0.29, 0.717) is 6.54 Å². The topological polar surface area (TPSA) is 38.1 Å².